The van der Waals surface area contributed by atoms with E-state index in [1.807, 2.05) is 32.0 Å². The summed E-state index contributed by atoms with van der Waals surface area (Å²) in [6, 6.07) is 12.4. The molecule has 0 aromatic heterocycles. The highest BCUT2D eigenvalue weighted by Gasteiger charge is 2.21. The van der Waals surface area contributed by atoms with Crippen molar-refractivity contribution in [3.8, 4) is 11.5 Å². The molecule has 152 valence electrons. The van der Waals surface area contributed by atoms with E-state index in [4.69, 9.17) is 9.47 Å². The Labute approximate surface area is 169 Å². The molecule has 0 radical (unpaired) electrons. The normalized spacial score (nSPS) is 13.1. The standard InChI is InChI=1S/C22H29NO4S/c1-6-26-19-13-10-17(14-20(19)27-7-2)21(15(3)4)23-22(24)16-8-11-18(12-9-16)28(5)25/h8-15,21H,6-7H2,1-5H3,(H,23,24). The van der Waals surface area contributed by atoms with E-state index < -0.39 is 10.8 Å². The molecule has 1 N–H and O–H groups in total. The lowest BCUT2D eigenvalue weighted by Crippen LogP contribution is -2.31. The minimum Gasteiger partial charge on any atom is -0.490 e. The molecule has 0 aliphatic carbocycles. The Morgan fingerprint density at radius 2 is 1.61 bits per heavy atom. The summed E-state index contributed by atoms with van der Waals surface area (Å²) in [4.78, 5) is 13.5. The quantitative estimate of drug-likeness (QED) is 0.676. The van der Waals surface area contributed by atoms with E-state index in [-0.39, 0.29) is 17.9 Å². The molecule has 2 unspecified atom stereocenters. The van der Waals surface area contributed by atoms with Crippen LogP contribution in [0.25, 0.3) is 0 Å². The Bertz CT molecular complexity index is 818. The number of rotatable bonds is 9. The first kappa shape index (κ1) is 22.0. The van der Waals surface area contributed by atoms with Gasteiger partial charge in [0.15, 0.2) is 11.5 Å². The van der Waals surface area contributed by atoms with Gasteiger partial charge in [-0.3, -0.25) is 9.00 Å². The van der Waals surface area contributed by atoms with Gasteiger partial charge in [0, 0.05) is 27.5 Å². The number of benzene rings is 2. The number of carbonyl (C=O) groups is 1. The van der Waals surface area contributed by atoms with Crippen LogP contribution < -0.4 is 14.8 Å². The second kappa shape index (κ2) is 10.3. The maximum absolute atomic E-state index is 12.8. The molecule has 0 bridgehead atoms. The molecule has 2 aromatic carbocycles. The van der Waals surface area contributed by atoms with Gasteiger partial charge >= 0.3 is 0 Å². The van der Waals surface area contributed by atoms with E-state index >= 15 is 0 Å². The number of ether oxygens (including phenoxy) is 2. The van der Waals surface area contributed by atoms with E-state index in [0.29, 0.717) is 35.2 Å². The van der Waals surface area contributed by atoms with Gasteiger partial charge < -0.3 is 14.8 Å². The molecular formula is C22H29NO4S. The molecule has 2 rings (SSSR count). The first-order valence-electron chi connectivity index (χ1n) is 9.51. The number of hydrogen-bond donors (Lipinski definition) is 1. The molecule has 0 heterocycles. The molecular weight excluding hydrogens is 374 g/mol. The molecule has 0 aliphatic rings. The molecule has 28 heavy (non-hydrogen) atoms. The SMILES string of the molecule is CCOc1ccc(C(NC(=O)c2ccc(S(C)=O)cc2)C(C)C)cc1OCC. The summed E-state index contributed by atoms with van der Waals surface area (Å²) < 4.78 is 22.9. The van der Waals surface area contributed by atoms with Gasteiger partial charge in [-0.2, -0.15) is 0 Å². The van der Waals surface area contributed by atoms with E-state index in [0.717, 1.165) is 5.56 Å². The van der Waals surface area contributed by atoms with Crippen molar-refractivity contribution in [2.45, 2.75) is 38.6 Å². The van der Waals surface area contributed by atoms with Crippen LogP contribution in [0.4, 0.5) is 0 Å². The molecule has 5 nitrogen and oxygen atoms in total. The minimum atomic E-state index is -1.06. The zero-order valence-electron chi connectivity index (χ0n) is 17.2. The van der Waals surface area contributed by atoms with Gasteiger partial charge in [0.1, 0.15) is 0 Å². The van der Waals surface area contributed by atoms with Crippen molar-refractivity contribution in [1.82, 2.24) is 5.32 Å². The van der Waals surface area contributed by atoms with Crippen molar-refractivity contribution < 1.29 is 18.5 Å². The number of carbonyl (C=O) groups excluding carboxylic acids is 1. The number of nitrogens with one attached hydrogen (secondary N) is 1. The highest BCUT2D eigenvalue weighted by Crippen LogP contribution is 2.33. The Balaban J connectivity index is 2.26. The van der Waals surface area contributed by atoms with Gasteiger partial charge in [0.05, 0.1) is 19.3 Å². The minimum absolute atomic E-state index is 0.168. The molecule has 0 spiro atoms. The molecule has 0 aliphatic heterocycles. The third-order valence-electron chi connectivity index (χ3n) is 4.33. The fourth-order valence-electron chi connectivity index (χ4n) is 2.92. The number of amides is 1. The highest BCUT2D eigenvalue weighted by atomic mass is 32.2. The Morgan fingerprint density at radius 1 is 1.00 bits per heavy atom. The van der Waals surface area contributed by atoms with Crippen molar-refractivity contribution in [1.29, 1.82) is 0 Å². The predicted molar refractivity (Wildman–Crippen MR) is 113 cm³/mol. The van der Waals surface area contributed by atoms with Gasteiger partial charge in [-0.1, -0.05) is 19.9 Å². The third-order valence-corrected chi connectivity index (χ3v) is 5.26. The Hall–Kier alpha value is -2.34. The average molecular weight is 404 g/mol. The van der Waals surface area contributed by atoms with Crippen LogP contribution in [0.2, 0.25) is 0 Å². The maximum Gasteiger partial charge on any atom is 0.251 e. The lowest BCUT2D eigenvalue weighted by molar-refractivity contribution is 0.0925. The maximum atomic E-state index is 12.8. The highest BCUT2D eigenvalue weighted by molar-refractivity contribution is 7.84. The fraction of sp³-hybridized carbons (Fsp3) is 0.409. The molecule has 0 fully saturated rings. The van der Waals surface area contributed by atoms with Crippen LogP contribution in [0.1, 0.15) is 49.7 Å². The van der Waals surface area contributed by atoms with Crippen molar-refractivity contribution in [2.24, 2.45) is 5.92 Å². The van der Waals surface area contributed by atoms with E-state index in [2.05, 4.69) is 19.2 Å². The topological polar surface area (TPSA) is 64.6 Å². The Kier molecular flexibility index (Phi) is 8.05. The summed E-state index contributed by atoms with van der Waals surface area (Å²) >= 11 is 0. The average Bonchev–Trinajstić information content (AvgIpc) is 2.67. The van der Waals surface area contributed by atoms with Crippen LogP contribution in [-0.2, 0) is 10.8 Å². The smallest absolute Gasteiger partial charge is 0.251 e. The summed E-state index contributed by atoms with van der Waals surface area (Å²) in [6.07, 6.45) is 1.62. The van der Waals surface area contributed by atoms with Crippen LogP contribution >= 0.6 is 0 Å². The lowest BCUT2D eigenvalue weighted by Gasteiger charge is -2.24. The van der Waals surface area contributed by atoms with Gasteiger partial charge in [-0.15, -0.1) is 0 Å². The molecule has 2 atom stereocenters. The van der Waals surface area contributed by atoms with Crippen LogP contribution in [0.5, 0.6) is 11.5 Å². The van der Waals surface area contributed by atoms with E-state index in [9.17, 15) is 9.00 Å². The van der Waals surface area contributed by atoms with Gasteiger partial charge in [-0.25, -0.2) is 0 Å². The van der Waals surface area contributed by atoms with Crippen molar-refractivity contribution in [3.05, 3.63) is 53.6 Å². The molecule has 1 amide bonds. The summed E-state index contributed by atoms with van der Waals surface area (Å²) in [5.41, 5.74) is 1.50. The van der Waals surface area contributed by atoms with Crippen molar-refractivity contribution in [3.63, 3.8) is 0 Å². The first-order valence-corrected chi connectivity index (χ1v) is 11.1. The van der Waals surface area contributed by atoms with Gasteiger partial charge in [0.2, 0.25) is 0 Å². The molecule has 0 saturated carbocycles. The molecule has 6 heteroatoms. The van der Waals surface area contributed by atoms with E-state index in [1.54, 1.807) is 30.5 Å². The van der Waals surface area contributed by atoms with Crippen LogP contribution in [-0.4, -0.2) is 29.6 Å². The zero-order chi connectivity index (χ0) is 20.7. The van der Waals surface area contributed by atoms with Crippen LogP contribution in [0, 0.1) is 5.92 Å². The van der Waals surface area contributed by atoms with E-state index in [1.165, 1.54) is 0 Å². The molecule has 0 saturated heterocycles. The zero-order valence-corrected chi connectivity index (χ0v) is 18.0. The second-order valence-corrected chi connectivity index (χ2v) is 8.13. The van der Waals surface area contributed by atoms with Crippen LogP contribution in [0.15, 0.2) is 47.4 Å². The Morgan fingerprint density at radius 3 is 2.14 bits per heavy atom. The molecule has 2 aromatic rings. The fourth-order valence-corrected chi connectivity index (χ4v) is 3.44. The second-order valence-electron chi connectivity index (χ2n) is 6.75. The lowest BCUT2D eigenvalue weighted by atomic mass is 9.95. The van der Waals surface area contributed by atoms with Crippen LogP contribution in [0.3, 0.4) is 0 Å². The van der Waals surface area contributed by atoms with Gasteiger partial charge in [0.25, 0.3) is 5.91 Å². The van der Waals surface area contributed by atoms with Crippen molar-refractivity contribution >= 4 is 16.7 Å². The summed E-state index contributed by atoms with van der Waals surface area (Å²) in [6.45, 7) is 9.07. The largest absolute Gasteiger partial charge is 0.490 e. The monoisotopic (exact) mass is 403 g/mol. The predicted octanol–water partition coefficient (Wildman–Crippen LogP) is 4.35. The summed E-state index contributed by atoms with van der Waals surface area (Å²) in [5.74, 6) is 1.39. The van der Waals surface area contributed by atoms with Crippen molar-refractivity contribution in [2.75, 3.05) is 19.5 Å². The van der Waals surface area contributed by atoms with Gasteiger partial charge in [-0.05, 0) is 61.7 Å². The number of hydrogen-bond acceptors (Lipinski definition) is 4. The summed E-state index contributed by atoms with van der Waals surface area (Å²) in [7, 11) is -1.06. The summed E-state index contributed by atoms with van der Waals surface area (Å²) in [5, 5.41) is 3.11. The third kappa shape index (κ3) is 5.58. The first-order chi connectivity index (χ1) is 13.4.